The van der Waals surface area contributed by atoms with Gasteiger partial charge in [0.2, 0.25) is 0 Å². The summed E-state index contributed by atoms with van der Waals surface area (Å²) in [5.74, 6) is -0.350. The van der Waals surface area contributed by atoms with Crippen molar-refractivity contribution in [2.45, 2.75) is 33.7 Å². The van der Waals surface area contributed by atoms with Crippen LogP contribution in [0.2, 0.25) is 5.02 Å². The van der Waals surface area contributed by atoms with Gasteiger partial charge in [-0.25, -0.2) is 4.79 Å². The summed E-state index contributed by atoms with van der Waals surface area (Å²) >= 11 is 6.14. The monoisotopic (exact) mass is 279 g/mol. The molecule has 0 aliphatic carbocycles. The van der Waals surface area contributed by atoms with E-state index in [1.165, 1.54) is 7.11 Å². The zero-order chi connectivity index (χ0) is 14.3. The number of nitrogens with zero attached hydrogens (tertiary/aromatic N) is 1. The van der Waals surface area contributed by atoms with Gasteiger partial charge in [-0.3, -0.25) is 0 Å². The molecule has 0 aliphatic rings. The average Bonchev–Trinajstić information content (AvgIpc) is 2.59. The zero-order valence-electron chi connectivity index (χ0n) is 11.9. The summed E-state index contributed by atoms with van der Waals surface area (Å²) in [5, 5.41) is 1.48. The molecule has 0 saturated heterocycles. The molecule has 2 aromatic rings. The van der Waals surface area contributed by atoms with E-state index in [-0.39, 0.29) is 5.97 Å². The summed E-state index contributed by atoms with van der Waals surface area (Å²) in [6, 6.07) is 3.89. The summed E-state index contributed by atoms with van der Waals surface area (Å²) < 4.78 is 7.05. The molecule has 4 heteroatoms. The Morgan fingerprint density at radius 2 is 1.95 bits per heavy atom. The Morgan fingerprint density at radius 1 is 1.32 bits per heavy atom. The third kappa shape index (κ3) is 2.12. The number of ether oxygens (including phenoxy) is 1. The number of hydrogen-bond donors (Lipinski definition) is 0. The molecule has 2 rings (SSSR count). The van der Waals surface area contributed by atoms with Gasteiger partial charge in [-0.2, -0.15) is 0 Å². The molecule has 0 amide bonds. The Kier molecular flexibility index (Phi) is 3.59. The predicted molar refractivity (Wildman–Crippen MR) is 78.1 cm³/mol. The first-order valence-corrected chi connectivity index (χ1v) is 6.65. The van der Waals surface area contributed by atoms with Crippen molar-refractivity contribution >= 4 is 28.5 Å². The van der Waals surface area contributed by atoms with Gasteiger partial charge in [-0.15, -0.1) is 0 Å². The van der Waals surface area contributed by atoms with E-state index in [0.717, 1.165) is 22.2 Å². The van der Waals surface area contributed by atoms with E-state index in [4.69, 9.17) is 16.3 Å². The fourth-order valence-corrected chi connectivity index (χ4v) is 2.87. The van der Waals surface area contributed by atoms with Crippen molar-refractivity contribution in [3.8, 4) is 0 Å². The molecule has 0 N–H and O–H groups in total. The van der Waals surface area contributed by atoms with Gasteiger partial charge >= 0.3 is 5.97 Å². The number of hydrogen-bond acceptors (Lipinski definition) is 2. The number of carbonyl (C=O) groups excluding carboxylic acids is 1. The lowest BCUT2D eigenvalue weighted by molar-refractivity contribution is 0.0603. The number of fused-ring (bicyclic) bond motifs is 1. The van der Waals surface area contributed by atoms with E-state index in [0.29, 0.717) is 16.6 Å². The van der Waals surface area contributed by atoms with Crippen LogP contribution in [0.25, 0.3) is 10.9 Å². The molecule has 3 nitrogen and oxygen atoms in total. The lowest BCUT2D eigenvalue weighted by Crippen LogP contribution is -2.04. The Hall–Kier alpha value is -1.48. The average molecular weight is 280 g/mol. The van der Waals surface area contributed by atoms with E-state index < -0.39 is 0 Å². The van der Waals surface area contributed by atoms with Crippen molar-refractivity contribution in [2.24, 2.45) is 0 Å². The van der Waals surface area contributed by atoms with Crippen LogP contribution in [-0.4, -0.2) is 17.6 Å². The van der Waals surface area contributed by atoms with E-state index in [1.54, 1.807) is 6.07 Å². The summed E-state index contributed by atoms with van der Waals surface area (Å²) in [7, 11) is 1.39. The molecule has 0 saturated carbocycles. The van der Waals surface area contributed by atoms with Crippen LogP contribution in [0, 0.1) is 13.8 Å². The fraction of sp³-hybridized carbons (Fsp3) is 0.400. The normalized spacial score (nSPS) is 11.3. The summed E-state index contributed by atoms with van der Waals surface area (Å²) in [5.41, 5.74) is 3.76. The van der Waals surface area contributed by atoms with Crippen molar-refractivity contribution in [3.05, 3.63) is 34.0 Å². The largest absolute Gasteiger partial charge is 0.465 e. The minimum atomic E-state index is -0.350. The number of methoxy groups -OCH3 is 1. The third-order valence-corrected chi connectivity index (χ3v) is 3.76. The van der Waals surface area contributed by atoms with Crippen LogP contribution in [0.5, 0.6) is 0 Å². The molecular weight excluding hydrogens is 262 g/mol. The predicted octanol–water partition coefficient (Wildman–Crippen LogP) is 4.28. The van der Waals surface area contributed by atoms with E-state index in [2.05, 4.69) is 25.3 Å². The van der Waals surface area contributed by atoms with Gasteiger partial charge in [-0.05, 0) is 45.4 Å². The minimum absolute atomic E-state index is 0.306. The molecule has 0 spiro atoms. The highest BCUT2D eigenvalue weighted by molar-refractivity contribution is 6.32. The molecular formula is C15H18ClNO2. The molecule has 0 atom stereocenters. The van der Waals surface area contributed by atoms with Gasteiger partial charge in [0.05, 0.1) is 18.2 Å². The van der Waals surface area contributed by atoms with E-state index >= 15 is 0 Å². The lowest BCUT2D eigenvalue weighted by atomic mass is 10.1. The van der Waals surface area contributed by atoms with Gasteiger partial charge in [-0.1, -0.05) is 11.6 Å². The van der Waals surface area contributed by atoms with Crippen LogP contribution in [0.4, 0.5) is 0 Å². The Balaban J connectivity index is 2.94. The lowest BCUT2D eigenvalue weighted by Gasteiger charge is -2.13. The Morgan fingerprint density at radius 3 is 2.47 bits per heavy atom. The molecule has 0 aliphatic heterocycles. The second-order valence-corrected chi connectivity index (χ2v) is 5.45. The number of aromatic nitrogens is 1. The van der Waals surface area contributed by atoms with Crippen molar-refractivity contribution in [2.75, 3.05) is 7.11 Å². The number of esters is 1. The molecule has 102 valence electrons. The molecule has 0 radical (unpaired) electrons. The fourth-order valence-electron chi connectivity index (χ4n) is 2.66. The molecule has 0 fully saturated rings. The first-order chi connectivity index (χ1) is 8.88. The van der Waals surface area contributed by atoms with Crippen LogP contribution in [0.15, 0.2) is 12.1 Å². The van der Waals surface area contributed by atoms with Crippen LogP contribution in [-0.2, 0) is 4.74 Å². The molecule has 1 heterocycles. The van der Waals surface area contributed by atoms with Gasteiger partial charge in [0.15, 0.2) is 0 Å². The SMILES string of the molecule is COC(=O)c1cc(Cl)cc2c1c(C)c(C)n2C(C)C. The highest BCUT2D eigenvalue weighted by Gasteiger charge is 2.20. The van der Waals surface area contributed by atoms with E-state index in [1.807, 2.05) is 13.0 Å². The first kappa shape index (κ1) is 13.9. The van der Waals surface area contributed by atoms with Crippen molar-refractivity contribution in [3.63, 3.8) is 0 Å². The Labute approximate surface area is 118 Å². The highest BCUT2D eigenvalue weighted by atomic mass is 35.5. The zero-order valence-corrected chi connectivity index (χ0v) is 12.6. The number of benzene rings is 1. The molecule has 1 aromatic heterocycles. The van der Waals surface area contributed by atoms with Crippen LogP contribution >= 0.6 is 11.6 Å². The second-order valence-electron chi connectivity index (χ2n) is 5.01. The van der Waals surface area contributed by atoms with Gasteiger partial charge in [0, 0.05) is 22.1 Å². The van der Waals surface area contributed by atoms with E-state index in [9.17, 15) is 4.79 Å². The maximum absolute atomic E-state index is 11.9. The van der Waals surface area contributed by atoms with Crippen molar-refractivity contribution in [1.29, 1.82) is 0 Å². The minimum Gasteiger partial charge on any atom is -0.465 e. The van der Waals surface area contributed by atoms with Crippen molar-refractivity contribution < 1.29 is 9.53 Å². The summed E-state index contributed by atoms with van der Waals surface area (Å²) in [4.78, 5) is 11.9. The van der Waals surface area contributed by atoms with Gasteiger partial charge in [0.1, 0.15) is 0 Å². The molecule has 0 unspecified atom stereocenters. The number of halogens is 1. The van der Waals surface area contributed by atoms with Crippen molar-refractivity contribution in [1.82, 2.24) is 4.57 Å². The van der Waals surface area contributed by atoms with Gasteiger partial charge < -0.3 is 9.30 Å². The molecule has 0 bridgehead atoms. The summed E-state index contributed by atoms with van der Waals surface area (Å²) in [6.45, 7) is 8.32. The standard InChI is InChI=1S/C15H18ClNO2/c1-8(2)17-10(4)9(3)14-12(15(18)19-5)6-11(16)7-13(14)17/h6-8H,1-5H3. The molecule has 1 aromatic carbocycles. The quantitative estimate of drug-likeness (QED) is 0.769. The second kappa shape index (κ2) is 4.89. The highest BCUT2D eigenvalue weighted by Crippen LogP contribution is 2.33. The van der Waals surface area contributed by atoms with Crippen LogP contribution in [0.1, 0.15) is 41.5 Å². The maximum atomic E-state index is 11.9. The first-order valence-electron chi connectivity index (χ1n) is 6.27. The van der Waals surface area contributed by atoms with Crippen LogP contribution in [0.3, 0.4) is 0 Å². The third-order valence-electron chi connectivity index (χ3n) is 3.54. The smallest absolute Gasteiger partial charge is 0.338 e. The van der Waals surface area contributed by atoms with Crippen LogP contribution < -0.4 is 0 Å². The van der Waals surface area contributed by atoms with Gasteiger partial charge in [0.25, 0.3) is 0 Å². The Bertz CT molecular complexity index is 656. The number of carbonyl (C=O) groups is 1. The topological polar surface area (TPSA) is 31.2 Å². The number of rotatable bonds is 2. The number of aryl methyl sites for hydroxylation is 1. The molecule has 19 heavy (non-hydrogen) atoms. The summed E-state index contributed by atoms with van der Waals surface area (Å²) in [6.07, 6.45) is 0. The maximum Gasteiger partial charge on any atom is 0.338 e.